The molecule has 0 bridgehead atoms. The standard InChI is InChI=1S/C19H17F3N6O/c1-2-7-27-11-23-17-15(18(27)29)25-16(26-17)13-8-24-28(10-13)9-12-3-5-14(6-4-12)19(20,21)22/h3-6,8,10-11H,2,7,9H2,1H3,(H,25,26). The Balaban J connectivity index is 1.57. The highest BCUT2D eigenvalue weighted by Crippen LogP contribution is 2.29. The van der Waals surface area contributed by atoms with Crippen LogP contribution in [-0.2, 0) is 19.3 Å². The van der Waals surface area contributed by atoms with E-state index < -0.39 is 11.7 Å². The number of rotatable bonds is 5. The molecule has 0 radical (unpaired) electrons. The lowest BCUT2D eigenvalue weighted by molar-refractivity contribution is -0.137. The molecule has 3 heterocycles. The molecule has 0 atom stereocenters. The minimum Gasteiger partial charge on any atom is -0.332 e. The third-order valence-corrected chi connectivity index (χ3v) is 4.48. The summed E-state index contributed by atoms with van der Waals surface area (Å²) >= 11 is 0. The molecule has 0 aliphatic heterocycles. The highest BCUT2D eigenvalue weighted by molar-refractivity contribution is 5.74. The first-order chi connectivity index (χ1) is 13.8. The summed E-state index contributed by atoms with van der Waals surface area (Å²) in [5.74, 6) is 0.456. The van der Waals surface area contributed by atoms with Gasteiger partial charge in [0.05, 0.1) is 23.9 Å². The van der Waals surface area contributed by atoms with Crippen molar-refractivity contribution in [2.24, 2.45) is 0 Å². The summed E-state index contributed by atoms with van der Waals surface area (Å²) in [6, 6.07) is 4.94. The van der Waals surface area contributed by atoms with Crippen LogP contribution in [-0.4, -0.2) is 29.3 Å². The van der Waals surface area contributed by atoms with Crippen LogP contribution < -0.4 is 5.56 Å². The zero-order valence-corrected chi connectivity index (χ0v) is 15.4. The van der Waals surface area contributed by atoms with Crippen LogP contribution in [0, 0.1) is 0 Å². The fourth-order valence-electron chi connectivity index (χ4n) is 3.02. The van der Waals surface area contributed by atoms with E-state index in [9.17, 15) is 18.0 Å². The number of hydrogen-bond donors (Lipinski definition) is 1. The van der Waals surface area contributed by atoms with Crippen molar-refractivity contribution in [3.8, 4) is 11.4 Å². The first-order valence-corrected chi connectivity index (χ1v) is 8.99. The van der Waals surface area contributed by atoms with Crippen molar-refractivity contribution in [2.45, 2.75) is 32.6 Å². The Kier molecular flexibility index (Phi) is 4.69. The summed E-state index contributed by atoms with van der Waals surface area (Å²) in [5, 5.41) is 4.23. The molecule has 0 amide bonds. The topological polar surface area (TPSA) is 81.4 Å². The molecule has 0 aliphatic rings. The smallest absolute Gasteiger partial charge is 0.332 e. The van der Waals surface area contributed by atoms with Gasteiger partial charge in [-0.3, -0.25) is 14.0 Å². The summed E-state index contributed by atoms with van der Waals surface area (Å²) < 4.78 is 41.1. The number of aromatic amines is 1. The van der Waals surface area contributed by atoms with Gasteiger partial charge in [0, 0.05) is 12.7 Å². The first-order valence-electron chi connectivity index (χ1n) is 8.99. The number of aromatic nitrogens is 6. The molecule has 29 heavy (non-hydrogen) atoms. The van der Waals surface area contributed by atoms with Crippen molar-refractivity contribution in [3.63, 3.8) is 0 Å². The predicted molar refractivity (Wildman–Crippen MR) is 100 cm³/mol. The summed E-state index contributed by atoms with van der Waals surface area (Å²) in [7, 11) is 0. The second kappa shape index (κ2) is 7.19. The van der Waals surface area contributed by atoms with E-state index in [1.807, 2.05) is 6.92 Å². The molecule has 0 saturated heterocycles. The third kappa shape index (κ3) is 3.78. The molecule has 0 spiro atoms. The van der Waals surface area contributed by atoms with Gasteiger partial charge in [0.1, 0.15) is 12.2 Å². The van der Waals surface area contributed by atoms with E-state index in [2.05, 4.69) is 20.1 Å². The number of hydrogen-bond acceptors (Lipinski definition) is 4. The van der Waals surface area contributed by atoms with Crippen LogP contribution in [0.1, 0.15) is 24.5 Å². The van der Waals surface area contributed by atoms with Gasteiger partial charge in [0.2, 0.25) is 0 Å². The van der Waals surface area contributed by atoms with E-state index >= 15 is 0 Å². The largest absolute Gasteiger partial charge is 0.416 e. The number of nitrogens with one attached hydrogen (secondary N) is 1. The van der Waals surface area contributed by atoms with Crippen molar-refractivity contribution < 1.29 is 13.2 Å². The van der Waals surface area contributed by atoms with E-state index in [1.54, 1.807) is 17.1 Å². The number of nitrogens with zero attached hydrogens (tertiary/aromatic N) is 5. The Labute approximate surface area is 162 Å². The van der Waals surface area contributed by atoms with E-state index in [-0.39, 0.29) is 5.56 Å². The maximum atomic E-state index is 12.7. The van der Waals surface area contributed by atoms with Gasteiger partial charge in [-0.15, -0.1) is 0 Å². The SMILES string of the molecule is CCCn1cnc2nc(-c3cnn(Cc4ccc(C(F)(F)F)cc4)c3)[nH]c2c1=O. The second-order valence-electron chi connectivity index (χ2n) is 6.65. The number of benzene rings is 1. The van der Waals surface area contributed by atoms with Crippen molar-refractivity contribution in [1.29, 1.82) is 0 Å². The molecule has 3 aromatic heterocycles. The summed E-state index contributed by atoms with van der Waals surface area (Å²) in [4.78, 5) is 24.0. The molecule has 150 valence electrons. The van der Waals surface area contributed by atoms with Crippen molar-refractivity contribution in [1.82, 2.24) is 29.3 Å². The van der Waals surface area contributed by atoms with Crippen molar-refractivity contribution in [3.05, 3.63) is 64.5 Å². The number of halogens is 3. The maximum Gasteiger partial charge on any atom is 0.416 e. The van der Waals surface area contributed by atoms with Crippen LogP contribution >= 0.6 is 0 Å². The van der Waals surface area contributed by atoms with Crippen LogP contribution in [0.25, 0.3) is 22.6 Å². The van der Waals surface area contributed by atoms with E-state index in [0.29, 0.717) is 41.2 Å². The lowest BCUT2D eigenvalue weighted by Crippen LogP contribution is -2.20. The highest BCUT2D eigenvalue weighted by Gasteiger charge is 2.29. The van der Waals surface area contributed by atoms with E-state index in [4.69, 9.17) is 0 Å². The van der Waals surface area contributed by atoms with E-state index in [1.165, 1.54) is 23.0 Å². The summed E-state index contributed by atoms with van der Waals surface area (Å²) in [5.41, 5.74) is 1.11. The average Bonchev–Trinajstić information content (AvgIpc) is 3.31. The number of alkyl halides is 3. The van der Waals surface area contributed by atoms with Gasteiger partial charge in [0.15, 0.2) is 11.2 Å². The predicted octanol–water partition coefficient (Wildman–Crippen LogP) is 3.46. The van der Waals surface area contributed by atoms with Gasteiger partial charge < -0.3 is 4.98 Å². The van der Waals surface area contributed by atoms with Crippen LogP contribution in [0.15, 0.2) is 47.8 Å². The fourth-order valence-corrected chi connectivity index (χ4v) is 3.02. The molecule has 1 N–H and O–H groups in total. The minimum atomic E-state index is -4.36. The van der Waals surface area contributed by atoms with Crippen LogP contribution in [0.3, 0.4) is 0 Å². The second-order valence-corrected chi connectivity index (χ2v) is 6.65. The van der Waals surface area contributed by atoms with Crippen molar-refractivity contribution >= 4 is 11.2 Å². The molecule has 1 aromatic carbocycles. The molecule has 10 heteroatoms. The molecule has 0 unspecified atom stereocenters. The molecule has 4 rings (SSSR count). The minimum absolute atomic E-state index is 0.187. The molecule has 0 aliphatic carbocycles. The van der Waals surface area contributed by atoms with E-state index in [0.717, 1.165) is 18.6 Å². The molecule has 0 fully saturated rings. The number of fused-ring (bicyclic) bond motifs is 1. The van der Waals surface area contributed by atoms with Gasteiger partial charge in [-0.25, -0.2) is 9.97 Å². The monoisotopic (exact) mass is 402 g/mol. The van der Waals surface area contributed by atoms with Gasteiger partial charge in [-0.05, 0) is 24.1 Å². The van der Waals surface area contributed by atoms with Gasteiger partial charge in [-0.1, -0.05) is 19.1 Å². The van der Waals surface area contributed by atoms with Crippen LogP contribution in [0.4, 0.5) is 13.2 Å². The Bertz CT molecular complexity index is 1200. The van der Waals surface area contributed by atoms with Gasteiger partial charge in [0.25, 0.3) is 5.56 Å². The molecule has 4 aromatic rings. The normalized spacial score (nSPS) is 12.0. The van der Waals surface area contributed by atoms with Crippen LogP contribution in [0.5, 0.6) is 0 Å². The average molecular weight is 402 g/mol. The Hall–Kier alpha value is -3.43. The molecular weight excluding hydrogens is 385 g/mol. The first kappa shape index (κ1) is 18.9. The summed E-state index contributed by atoms with van der Waals surface area (Å²) in [6.07, 6.45) is 1.21. The van der Waals surface area contributed by atoms with Crippen LogP contribution in [0.2, 0.25) is 0 Å². The maximum absolute atomic E-state index is 12.7. The van der Waals surface area contributed by atoms with Gasteiger partial charge >= 0.3 is 6.18 Å². The molecule has 0 saturated carbocycles. The molecular formula is C19H17F3N6O. The quantitative estimate of drug-likeness (QED) is 0.554. The fraction of sp³-hybridized carbons (Fsp3) is 0.263. The number of imidazole rings is 1. The zero-order chi connectivity index (χ0) is 20.6. The Morgan fingerprint density at radius 2 is 1.93 bits per heavy atom. The molecule has 7 nitrogen and oxygen atoms in total. The number of aryl methyl sites for hydroxylation is 1. The van der Waals surface area contributed by atoms with Crippen molar-refractivity contribution in [2.75, 3.05) is 0 Å². The lowest BCUT2D eigenvalue weighted by Gasteiger charge is -2.07. The lowest BCUT2D eigenvalue weighted by atomic mass is 10.1. The highest BCUT2D eigenvalue weighted by atomic mass is 19.4. The zero-order valence-electron chi connectivity index (χ0n) is 15.4. The third-order valence-electron chi connectivity index (χ3n) is 4.48. The van der Waals surface area contributed by atoms with Gasteiger partial charge in [-0.2, -0.15) is 18.3 Å². The number of H-pyrrole nitrogens is 1. The Morgan fingerprint density at radius 1 is 1.17 bits per heavy atom. The summed E-state index contributed by atoms with van der Waals surface area (Å²) in [6.45, 7) is 2.85. The Morgan fingerprint density at radius 3 is 2.62 bits per heavy atom.